The monoisotopic (exact) mass is 428 g/mol. The summed E-state index contributed by atoms with van der Waals surface area (Å²) >= 11 is 10.2. The predicted molar refractivity (Wildman–Crippen MR) is 87.6 cm³/mol. The minimum absolute atomic E-state index is 0.0152. The second-order valence-corrected chi connectivity index (χ2v) is 6.75. The van der Waals surface area contributed by atoms with Crippen molar-refractivity contribution in [3.8, 4) is 0 Å². The topological polar surface area (TPSA) is 17.1 Å². The van der Waals surface area contributed by atoms with E-state index in [2.05, 4.69) is 47.8 Å². The van der Waals surface area contributed by atoms with Crippen molar-refractivity contribution in [3.05, 3.63) is 60.9 Å². The van der Waals surface area contributed by atoms with Gasteiger partial charge in [-0.3, -0.25) is 4.79 Å². The zero-order valence-corrected chi connectivity index (χ0v) is 14.3. The third-order valence-corrected chi connectivity index (χ3v) is 3.80. The Morgan fingerprint density at radius 1 is 0.778 bits per heavy atom. The van der Waals surface area contributed by atoms with Crippen molar-refractivity contribution in [2.45, 2.75) is 0 Å². The molecular formula is C13H8BBr3O. The molecule has 0 aliphatic rings. The molecule has 0 aliphatic carbocycles. The zero-order chi connectivity index (χ0) is 13.3. The first-order chi connectivity index (χ1) is 8.45. The van der Waals surface area contributed by atoms with Crippen LogP contribution < -0.4 is 5.46 Å². The van der Waals surface area contributed by atoms with Gasteiger partial charge in [-0.05, 0) is 24.3 Å². The summed E-state index contributed by atoms with van der Waals surface area (Å²) in [7, 11) is 1.97. The van der Waals surface area contributed by atoms with Gasteiger partial charge in [0.25, 0.3) is 0 Å². The number of ketones is 1. The summed E-state index contributed by atoms with van der Waals surface area (Å²) in [4.78, 5) is 12.4. The molecule has 0 atom stereocenters. The lowest BCUT2D eigenvalue weighted by atomic mass is 9.92. The van der Waals surface area contributed by atoms with Crippen LogP contribution in [-0.2, 0) is 0 Å². The van der Waals surface area contributed by atoms with Crippen LogP contribution in [0.4, 0.5) is 0 Å². The highest BCUT2D eigenvalue weighted by Gasteiger charge is 2.11. The van der Waals surface area contributed by atoms with Gasteiger partial charge in [-0.25, -0.2) is 0 Å². The standard InChI is InChI=1S/C13H8BBr3O/c14-9-1-7(2-10(15)5-9)13(18)8-3-11(16)6-12(17)4-8/h1-6H,14H2. The highest BCUT2D eigenvalue weighted by atomic mass is 79.9. The molecule has 0 aliphatic heterocycles. The lowest BCUT2D eigenvalue weighted by Gasteiger charge is -2.05. The van der Waals surface area contributed by atoms with Crippen LogP contribution >= 0.6 is 47.8 Å². The van der Waals surface area contributed by atoms with Crippen LogP contribution in [0.2, 0.25) is 0 Å². The van der Waals surface area contributed by atoms with Crippen LogP contribution in [0.3, 0.4) is 0 Å². The molecule has 0 radical (unpaired) electrons. The maximum atomic E-state index is 12.4. The molecule has 2 aromatic rings. The Hall–Kier alpha value is -0.385. The smallest absolute Gasteiger partial charge is 0.193 e. The lowest BCUT2D eigenvalue weighted by Crippen LogP contribution is -2.08. The second-order valence-electron chi connectivity index (χ2n) is 4.00. The Labute approximate surface area is 132 Å². The first-order valence-corrected chi connectivity index (χ1v) is 7.61. The summed E-state index contributed by atoms with van der Waals surface area (Å²) < 4.78 is 2.68. The minimum atomic E-state index is 0.0152. The first kappa shape index (κ1) is 14.0. The third-order valence-electron chi connectivity index (χ3n) is 2.43. The van der Waals surface area contributed by atoms with Crippen molar-refractivity contribution in [2.75, 3.05) is 0 Å². The van der Waals surface area contributed by atoms with Crippen LogP contribution in [0.5, 0.6) is 0 Å². The number of halogens is 3. The molecule has 0 bridgehead atoms. The van der Waals surface area contributed by atoms with Crippen molar-refractivity contribution in [1.82, 2.24) is 0 Å². The van der Waals surface area contributed by atoms with E-state index in [0.717, 1.165) is 18.9 Å². The molecule has 0 amide bonds. The number of hydrogen-bond acceptors (Lipinski definition) is 1. The normalized spacial score (nSPS) is 10.4. The number of carbonyl (C=O) groups is 1. The van der Waals surface area contributed by atoms with E-state index in [0.29, 0.717) is 11.1 Å². The molecule has 18 heavy (non-hydrogen) atoms. The largest absolute Gasteiger partial charge is 0.289 e. The molecule has 0 unspecified atom stereocenters. The van der Waals surface area contributed by atoms with Gasteiger partial charge in [0, 0.05) is 24.5 Å². The van der Waals surface area contributed by atoms with Crippen LogP contribution in [0.1, 0.15) is 15.9 Å². The highest BCUT2D eigenvalue weighted by molar-refractivity contribution is 9.11. The third kappa shape index (κ3) is 3.34. The van der Waals surface area contributed by atoms with Gasteiger partial charge < -0.3 is 0 Å². The summed E-state index contributed by atoms with van der Waals surface area (Å²) in [5.74, 6) is 0.0152. The average Bonchev–Trinajstić information content (AvgIpc) is 2.25. The fourth-order valence-electron chi connectivity index (χ4n) is 1.72. The molecule has 1 nitrogen and oxygen atoms in total. The Bertz CT molecular complexity index is 532. The molecule has 2 aromatic carbocycles. The average molecular weight is 431 g/mol. The van der Waals surface area contributed by atoms with Gasteiger partial charge in [-0.1, -0.05) is 65.4 Å². The Balaban J connectivity index is 2.47. The molecule has 0 heterocycles. The van der Waals surface area contributed by atoms with Crippen LogP contribution in [0.25, 0.3) is 0 Å². The Morgan fingerprint density at radius 2 is 1.22 bits per heavy atom. The van der Waals surface area contributed by atoms with E-state index in [1.807, 2.05) is 44.2 Å². The molecule has 0 fully saturated rings. The van der Waals surface area contributed by atoms with E-state index < -0.39 is 0 Å². The van der Waals surface area contributed by atoms with Crippen molar-refractivity contribution in [2.24, 2.45) is 0 Å². The molecule has 0 saturated heterocycles. The number of hydrogen-bond donors (Lipinski definition) is 0. The zero-order valence-electron chi connectivity index (χ0n) is 9.51. The number of benzene rings is 2. The highest BCUT2D eigenvalue weighted by Crippen LogP contribution is 2.22. The van der Waals surface area contributed by atoms with E-state index in [9.17, 15) is 4.79 Å². The van der Waals surface area contributed by atoms with E-state index in [4.69, 9.17) is 0 Å². The minimum Gasteiger partial charge on any atom is -0.289 e. The molecule has 2 rings (SSSR count). The van der Waals surface area contributed by atoms with Crippen LogP contribution in [0.15, 0.2) is 49.8 Å². The van der Waals surface area contributed by atoms with Gasteiger partial charge in [0.2, 0.25) is 0 Å². The number of rotatable bonds is 2. The summed E-state index contributed by atoms with van der Waals surface area (Å²) in [6, 6.07) is 11.3. The SMILES string of the molecule is Bc1cc(Br)cc(C(=O)c2cc(Br)cc(Br)c2)c1. The maximum Gasteiger partial charge on any atom is 0.193 e. The second kappa shape index (κ2) is 5.72. The fraction of sp³-hybridized carbons (Fsp3) is 0. The number of carbonyl (C=O) groups excluding carboxylic acids is 1. The first-order valence-electron chi connectivity index (χ1n) is 5.24. The van der Waals surface area contributed by atoms with Gasteiger partial charge in [0.05, 0.1) is 0 Å². The van der Waals surface area contributed by atoms with Gasteiger partial charge in [0.1, 0.15) is 7.85 Å². The van der Waals surface area contributed by atoms with Crippen LogP contribution in [-0.4, -0.2) is 13.6 Å². The lowest BCUT2D eigenvalue weighted by molar-refractivity contribution is 0.103. The maximum absolute atomic E-state index is 12.4. The van der Waals surface area contributed by atoms with Gasteiger partial charge in [-0.15, -0.1) is 0 Å². The van der Waals surface area contributed by atoms with Crippen molar-refractivity contribution >= 4 is 66.9 Å². The quantitative estimate of drug-likeness (QED) is 0.527. The van der Waals surface area contributed by atoms with E-state index in [1.165, 1.54) is 0 Å². The van der Waals surface area contributed by atoms with Gasteiger partial charge in [0.15, 0.2) is 5.78 Å². The molecule has 5 heteroatoms. The Kier molecular flexibility index (Phi) is 4.46. The molecular weight excluding hydrogens is 423 g/mol. The summed E-state index contributed by atoms with van der Waals surface area (Å²) in [5.41, 5.74) is 2.41. The molecule has 0 N–H and O–H groups in total. The van der Waals surface area contributed by atoms with E-state index in [-0.39, 0.29) is 5.78 Å². The molecule has 90 valence electrons. The van der Waals surface area contributed by atoms with Crippen molar-refractivity contribution < 1.29 is 4.79 Å². The van der Waals surface area contributed by atoms with E-state index in [1.54, 1.807) is 0 Å². The summed E-state index contributed by atoms with van der Waals surface area (Å²) in [6.45, 7) is 0. The van der Waals surface area contributed by atoms with Crippen molar-refractivity contribution in [1.29, 1.82) is 0 Å². The fourth-order valence-corrected chi connectivity index (χ4v) is 3.62. The summed E-state index contributed by atoms with van der Waals surface area (Å²) in [6.07, 6.45) is 0. The molecule has 0 saturated carbocycles. The van der Waals surface area contributed by atoms with E-state index >= 15 is 0 Å². The Morgan fingerprint density at radius 3 is 1.72 bits per heavy atom. The van der Waals surface area contributed by atoms with Crippen LogP contribution in [0, 0.1) is 0 Å². The van der Waals surface area contributed by atoms with Gasteiger partial charge in [-0.2, -0.15) is 0 Å². The predicted octanol–water partition coefficient (Wildman–Crippen LogP) is 3.46. The van der Waals surface area contributed by atoms with Gasteiger partial charge >= 0.3 is 0 Å². The van der Waals surface area contributed by atoms with Crippen molar-refractivity contribution in [3.63, 3.8) is 0 Å². The summed E-state index contributed by atoms with van der Waals surface area (Å²) in [5, 5.41) is 0. The molecule has 0 aromatic heterocycles. The molecule has 0 spiro atoms.